The Labute approximate surface area is 124 Å². The van der Waals surface area contributed by atoms with E-state index in [4.69, 9.17) is 5.11 Å². The van der Waals surface area contributed by atoms with Crippen LogP contribution in [0.4, 0.5) is 0 Å². The van der Waals surface area contributed by atoms with Crippen LogP contribution in [0.15, 0.2) is 23.1 Å². The highest BCUT2D eigenvalue weighted by Gasteiger charge is 2.38. The molecule has 2 rings (SSSR count). The number of β-amino-alcohol motifs (C(OH)–C–C–N with tert-alkyl or cyclic N) is 1. The van der Waals surface area contributed by atoms with Crippen molar-refractivity contribution in [2.24, 2.45) is 5.92 Å². The summed E-state index contributed by atoms with van der Waals surface area (Å²) in [4.78, 5) is 11.2. The highest BCUT2D eigenvalue weighted by molar-refractivity contribution is 7.89. The minimum Gasteiger partial charge on any atom is -0.481 e. The van der Waals surface area contributed by atoms with Crippen molar-refractivity contribution in [1.29, 1.82) is 0 Å². The molecule has 1 saturated heterocycles. The predicted octanol–water partition coefficient (Wildman–Crippen LogP) is 0.760. The number of aliphatic hydroxyl groups is 1. The number of hydrogen-bond donors (Lipinski definition) is 2. The first-order valence-electron chi connectivity index (χ1n) is 6.71. The number of carboxylic acid groups (broad SMARTS) is 1. The fourth-order valence-electron chi connectivity index (χ4n) is 2.53. The minimum absolute atomic E-state index is 0.101. The lowest BCUT2D eigenvalue weighted by Crippen LogP contribution is -2.48. The SMILES string of the molecule is Cc1ccc(C)c(S(=O)(=O)N2CC[C@H](C(=O)O)[C@H](O)C2)c1. The number of benzene rings is 1. The van der Waals surface area contributed by atoms with E-state index in [0.717, 1.165) is 5.56 Å². The van der Waals surface area contributed by atoms with Crippen molar-refractivity contribution in [1.82, 2.24) is 4.31 Å². The van der Waals surface area contributed by atoms with Crippen LogP contribution in [-0.2, 0) is 14.8 Å². The van der Waals surface area contributed by atoms with Gasteiger partial charge in [0.1, 0.15) is 0 Å². The summed E-state index contributed by atoms with van der Waals surface area (Å²) in [7, 11) is -3.72. The minimum atomic E-state index is -3.72. The van der Waals surface area contributed by atoms with Crippen molar-refractivity contribution in [3.8, 4) is 0 Å². The van der Waals surface area contributed by atoms with Gasteiger partial charge in [-0.1, -0.05) is 12.1 Å². The first-order valence-corrected chi connectivity index (χ1v) is 8.16. The molecule has 2 atom stereocenters. The highest BCUT2D eigenvalue weighted by atomic mass is 32.2. The number of carbonyl (C=O) groups is 1. The number of sulfonamides is 1. The molecule has 6 nitrogen and oxygen atoms in total. The molecule has 116 valence electrons. The maximum absolute atomic E-state index is 12.6. The standard InChI is InChI=1S/C14H19NO5S/c1-9-3-4-10(2)13(7-9)21(19,20)15-6-5-11(14(17)18)12(16)8-15/h3-4,7,11-12,16H,5-6,8H2,1-2H3,(H,17,18)/t11-,12+/m0/s1. The zero-order chi connectivity index (χ0) is 15.8. The van der Waals surface area contributed by atoms with Crippen LogP contribution < -0.4 is 0 Å². The Kier molecular flexibility index (Phi) is 4.36. The average molecular weight is 313 g/mol. The van der Waals surface area contributed by atoms with Gasteiger partial charge in [0.2, 0.25) is 10.0 Å². The molecule has 1 aliphatic heterocycles. The summed E-state index contributed by atoms with van der Waals surface area (Å²) < 4.78 is 26.5. The number of rotatable bonds is 3. The van der Waals surface area contributed by atoms with Crippen LogP contribution in [-0.4, -0.2) is 48.1 Å². The molecule has 0 radical (unpaired) electrons. The molecule has 7 heteroatoms. The number of nitrogens with zero attached hydrogens (tertiary/aromatic N) is 1. The maximum Gasteiger partial charge on any atom is 0.309 e. The van der Waals surface area contributed by atoms with E-state index in [0.29, 0.717) is 5.56 Å². The normalized spacial score (nSPS) is 24.0. The Balaban J connectivity index is 2.29. The zero-order valence-corrected chi connectivity index (χ0v) is 12.8. The first-order chi connectivity index (χ1) is 9.73. The van der Waals surface area contributed by atoms with E-state index >= 15 is 0 Å². The van der Waals surface area contributed by atoms with Gasteiger partial charge in [0, 0.05) is 13.1 Å². The molecular formula is C14H19NO5S. The van der Waals surface area contributed by atoms with E-state index in [1.54, 1.807) is 19.1 Å². The molecular weight excluding hydrogens is 294 g/mol. The summed E-state index contributed by atoms with van der Waals surface area (Å²) in [5.41, 5.74) is 1.47. The summed E-state index contributed by atoms with van der Waals surface area (Å²) in [6.07, 6.45) is -1.07. The molecule has 1 fully saturated rings. The van der Waals surface area contributed by atoms with Crippen LogP contribution in [0.1, 0.15) is 17.5 Å². The van der Waals surface area contributed by atoms with Crippen LogP contribution >= 0.6 is 0 Å². The van der Waals surface area contributed by atoms with Crippen molar-refractivity contribution in [3.63, 3.8) is 0 Å². The topological polar surface area (TPSA) is 94.9 Å². The Morgan fingerprint density at radius 3 is 2.57 bits per heavy atom. The third kappa shape index (κ3) is 3.09. The monoisotopic (exact) mass is 313 g/mol. The van der Waals surface area contributed by atoms with E-state index < -0.39 is 28.0 Å². The van der Waals surface area contributed by atoms with Gasteiger partial charge in [-0.15, -0.1) is 0 Å². The first kappa shape index (κ1) is 15.9. The molecule has 1 aromatic carbocycles. The molecule has 1 aliphatic rings. The predicted molar refractivity (Wildman–Crippen MR) is 76.4 cm³/mol. The number of hydrogen-bond acceptors (Lipinski definition) is 4. The summed E-state index contributed by atoms with van der Waals surface area (Å²) in [6, 6.07) is 5.17. The van der Waals surface area contributed by atoms with E-state index in [2.05, 4.69) is 0 Å². The van der Waals surface area contributed by atoms with Gasteiger partial charge in [-0.05, 0) is 37.5 Å². The van der Waals surface area contributed by atoms with Crippen molar-refractivity contribution >= 4 is 16.0 Å². The quantitative estimate of drug-likeness (QED) is 0.859. The highest BCUT2D eigenvalue weighted by Crippen LogP contribution is 2.26. The lowest BCUT2D eigenvalue weighted by atomic mass is 9.95. The number of aliphatic carboxylic acids is 1. The maximum atomic E-state index is 12.6. The fourth-order valence-corrected chi connectivity index (χ4v) is 4.32. The van der Waals surface area contributed by atoms with Gasteiger partial charge in [0.25, 0.3) is 0 Å². The van der Waals surface area contributed by atoms with Gasteiger partial charge in [-0.25, -0.2) is 8.42 Å². The van der Waals surface area contributed by atoms with E-state index in [1.165, 1.54) is 4.31 Å². The molecule has 0 aromatic heterocycles. The van der Waals surface area contributed by atoms with Crippen LogP contribution in [0, 0.1) is 19.8 Å². The molecule has 1 heterocycles. The van der Waals surface area contributed by atoms with Gasteiger partial charge in [-0.3, -0.25) is 4.79 Å². The van der Waals surface area contributed by atoms with Crippen molar-refractivity contribution < 1.29 is 23.4 Å². The summed E-state index contributed by atoms with van der Waals surface area (Å²) >= 11 is 0. The van der Waals surface area contributed by atoms with Gasteiger partial charge < -0.3 is 10.2 Å². The summed E-state index contributed by atoms with van der Waals surface area (Å²) in [6.45, 7) is 3.44. The molecule has 0 aliphatic carbocycles. The lowest BCUT2D eigenvalue weighted by molar-refractivity contribution is -0.147. The Hall–Kier alpha value is -1.44. The number of carboxylic acids is 1. The molecule has 0 amide bonds. The van der Waals surface area contributed by atoms with Crippen LogP contribution in [0.25, 0.3) is 0 Å². The molecule has 0 unspecified atom stereocenters. The summed E-state index contributed by atoms with van der Waals surface area (Å²) in [5, 5.41) is 18.8. The van der Waals surface area contributed by atoms with Crippen LogP contribution in [0.3, 0.4) is 0 Å². The van der Waals surface area contributed by atoms with Crippen molar-refractivity contribution in [2.45, 2.75) is 31.3 Å². The molecule has 0 bridgehead atoms. The number of aryl methyl sites for hydroxylation is 2. The average Bonchev–Trinajstić information content (AvgIpc) is 2.40. The second-order valence-corrected chi connectivity index (χ2v) is 7.34. The Bertz CT molecular complexity index is 655. The van der Waals surface area contributed by atoms with Gasteiger partial charge in [0.15, 0.2) is 0 Å². The fraction of sp³-hybridized carbons (Fsp3) is 0.500. The largest absolute Gasteiger partial charge is 0.481 e. The van der Waals surface area contributed by atoms with Crippen LogP contribution in [0.2, 0.25) is 0 Å². The summed E-state index contributed by atoms with van der Waals surface area (Å²) in [5.74, 6) is -2.00. The number of piperidine rings is 1. The van der Waals surface area contributed by atoms with Gasteiger partial charge in [0.05, 0.1) is 16.9 Å². The molecule has 0 saturated carbocycles. The molecule has 0 spiro atoms. The van der Waals surface area contributed by atoms with E-state index in [1.807, 2.05) is 13.0 Å². The van der Waals surface area contributed by atoms with Gasteiger partial charge in [-0.2, -0.15) is 4.31 Å². The van der Waals surface area contributed by atoms with Crippen molar-refractivity contribution in [2.75, 3.05) is 13.1 Å². The second kappa shape index (κ2) is 5.75. The Morgan fingerprint density at radius 1 is 1.33 bits per heavy atom. The molecule has 1 aromatic rings. The number of aliphatic hydroxyl groups excluding tert-OH is 1. The van der Waals surface area contributed by atoms with Gasteiger partial charge >= 0.3 is 5.97 Å². The molecule has 2 N–H and O–H groups in total. The smallest absolute Gasteiger partial charge is 0.309 e. The van der Waals surface area contributed by atoms with E-state index in [9.17, 15) is 18.3 Å². The Morgan fingerprint density at radius 2 is 2.00 bits per heavy atom. The second-order valence-electron chi connectivity index (χ2n) is 5.43. The molecule has 21 heavy (non-hydrogen) atoms. The van der Waals surface area contributed by atoms with Crippen LogP contribution in [0.5, 0.6) is 0 Å². The third-order valence-electron chi connectivity index (χ3n) is 3.82. The van der Waals surface area contributed by atoms with E-state index in [-0.39, 0.29) is 24.4 Å². The zero-order valence-electron chi connectivity index (χ0n) is 12.0. The lowest BCUT2D eigenvalue weighted by Gasteiger charge is -2.33. The third-order valence-corrected chi connectivity index (χ3v) is 5.83. The van der Waals surface area contributed by atoms with Crippen molar-refractivity contribution in [3.05, 3.63) is 29.3 Å².